The Bertz CT molecular complexity index is 813. The zero-order chi connectivity index (χ0) is 15.6. The average Bonchev–Trinajstić information content (AvgIpc) is 3.24. The first kappa shape index (κ1) is 14.4. The Labute approximate surface area is 139 Å². The molecule has 2 aromatic heterocycles. The Kier molecular flexibility index (Phi) is 3.83. The summed E-state index contributed by atoms with van der Waals surface area (Å²) in [6.45, 7) is 1.35. The molecule has 0 amide bonds. The van der Waals surface area contributed by atoms with E-state index in [1.165, 1.54) is 12.8 Å². The number of benzene rings is 1. The summed E-state index contributed by atoms with van der Waals surface area (Å²) in [5, 5.41) is 4.80. The number of nitrogens with zero attached hydrogens (tertiary/aromatic N) is 1. The first-order valence-corrected chi connectivity index (χ1v) is 8.16. The number of anilines is 1. The van der Waals surface area contributed by atoms with Crippen molar-refractivity contribution in [1.82, 2.24) is 4.98 Å². The minimum absolute atomic E-state index is 0.446. The predicted octanol–water partition coefficient (Wildman–Crippen LogP) is 4.88. The lowest BCUT2D eigenvalue weighted by Crippen LogP contribution is -2.02. The van der Waals surface area contributed by atoms with Gasteiger partial charge in [-0.05, 0) is 43.0 Å². The summed E-state index contributed by atoms with van der Waals surface area (Å²) in [5.74, 6) is 2.35. The van der Waals surface area contributed by atoms with Gasteiger partial charge in [-0.25, -0.2) is 4.98 Å². The monoisotopic (exact) mass is 328 g/mol. The van der Waals surface area contributed by atoms with Gasteiger partial charge in [0, 0.05) is 11.1 Å². The number of halogens is 1. The van der Waals surface area contributed by atoms with E-state index in [9.17, 15) is 0 Å². The number of fused-ring (bicyclic) bond motifs is 1. The van der Waals surface area contributed by atoms with Gasteiger partial charge in [-0.2, -0.15) is 0 Å². The third kappa shape index (κ3) is 3.27. The van der Waals surface area contributed by atoms with E-state index in [-0.39, 0.29) is 0 Å². The number of hydrogen-bond acceptors (Lipinski definition) is 4. The number of furan rings is 1. The van der Waals surface area contributed by atoms with Crippen molar-refractivity contribution in [2.75, 3.05) is 11.9 Å². The molecule has 0 aliphatic heterocycles. The van der Waals surface area contributed by atoms with Crippen molar-refractivity contribution in [3.8, 4) is 5.75 Å². The molecule has 1 aliphatic rings. The van der Waals surface area contributed by atoms with Crippen molar-refractivity contribution in [3.63, 3.8) is 0 Å². The molecule has 4 nitrogen and oxygen atoms in total. The topological polar surface area (TPSA) is 47.3 Å². The van der Waals surface area contributed by atoms with Crippen molar-refractivity contribution in [2.45, 2.75) is 19.4 Å². The largest absolute Gasteiger partial charge is 0.491 e. The van der Waals surface area contributed by atoms with Crippen LogP contribution in [0.4, 0.5) is 5.69 Å². The van der Waals surface area contributed by atoms with Crippen LogP contribution in [-0.4, -0.2) is 11.6 Å². The number of hydrogen-bond donors (Lipinski definition) is 1. The Balaban J connectivity index is 1.64. The van der Waals surface area contributed by atoms with Crippen LogP contribution in [-0.2, 0) is 6.54 Å². The molecule has 118 valence electrons. The van der Waals surface area contributed by atoms with E-state index in [0.717, 1.165) is 34.7 Å². The lowest BCUT2D eigenvalue weighted by Gasteiger charge is -2.12. The second-order valence-electron chi connectivity index (χ2n) is 5.83. The Morgan fingerprint density at radius 1 is 1.26 bits per heavy atom. The van der Waals surface area contributed by atoms with Crippen LogP contribution in [0.1, 0.15) is 18.6 Å². The van der Waals surface area contributed by atoms with Crippen molar-refractivity contribution < 1.29 is 9.15 Å². The third-order valence-electron chi connectivity index (χ3n) is 3.98. The summed E-state index contributed by atoms with van der Waals surface area (Å²) in [7, 11) is 0. The molecular weight excluding hydrogens is 312 g/mol. The standard InChI is InChI=1S/C18H17ClN2O2/c19-17-9-15(20-10-13-3-2-8-22-13)14-4-1-5-16(18(14)21-17)23-11-12-6-7-12/h1-5,8-9,12H,6-7,10-11H2,(H,20,21). The maximum absolute atomic E-state index is 6.20. The second kappa shape index (κ2) is 6.13. The van der Waals surface area contributed by atoms with Crippen LogP contribution in [0.3, 0.4) is 0 Å². The van der Waals surface area contributed by atoms with E-state index in [4.69, 9.17) is 20.8 Å². The van der Waals surface area contributed by atoms with Crippen LogP contribution < -0.4 is 10.1 Å². The van der Waals surface area contributed by atoms with Crippen LogP contribution in [0.2, 0.25) is 5.15 Å². The number of ether oxygens (including phenoxy) is 1. The molecule has 2 heterocycles. The number of aromatic nitrogens is 1. The highest BCUT2D eigenvalue weighted by atomic mass is 35.5. The molecule has 0 unspecified atom stereocenters. The number of rotatable bonds is 6. The van der Waals surface area contributed by atoms with Crippen molar-refractivity contribution in [1.29, 1.82) is 0 Å². The summed E-state index contributed by atoms with van der Waals surface area (Å²) >= 11 is 6.20. The molecule has 0 saturated heterocycles. The smallest absolute Gasteiger partial charge is 0.145 e. The predicted molar refractivity (Wildman–Crippen MR) is 91.0 cm³/mol. The van der Waals surface area contributed by atoms with E-state index in [1.807, 2.05) is 36.4 Å². The molecular formula is C18H17ClN2O2. The third-order valence-corrected chi connectivity index (χ3v) is 4.17. The molecule has 1 N–H and O–H groups in total. The normalized spacial score (nSPS) is 14.1. The van der Waals surface area contributed by atoms with Gasteiger partial charge in [0.15, 0.2) is 0 Å². The molecule has 3 aromatic rings. The fraction of sp³-hybridized carbons (Fsp3) is 0.278. The first-order valence-electron chi connectivity index (χ1n) is 7.78. The lowest BCUT2D eigenvalue weighted by atomic mass is 10.1. The Morgan fingerprint density at radius 2 is 2.17 bits per heavy atom. The zero-order valence-electron chi connectivity index (χ0n) is 12.6. The minimum atomic E-state index is 0.446. The summed E-state index contributed by atoms with van der Waals surface area (Å²) in [6, 6.07) is 11.6. The molecule has 4 rings (SSSR count). The van der Waals surface area contributed by atoms with Gasteiger partial charge in [0.05, 0.1) is 19.4 Å². The van der Waals surface area contributed by atoms with Gasteiger partial charge in [0.1, 0.15) is 22.2 Å². The number of nitrogens with one attached hydrogen (secondary N) is 1. The molecule has 1 saturated carbocycles. The zero-order valence-corrected chi connectivity index (χ0v) is 13.3. The van der Waals surface area contributed by atoms with Gasteiger partial charge < -0.3 is 14.5 Å². The highest BCUT2D eigenvalue weighted by molar-refractivity contribution is 6.30. The molecule has 0 bridgehead atoms. The SMILES string of the molecule is Clc1cc(NCc2ccco2)c2cccc(OCC3CC3)c2n1. The van der Waals surface area contributed by atoms with Gasteiger partial charge in [-0.15, -0.1) is 0 Å². The molecule has 23 heavy (non-hydrogen) atoms. The van der Waals surface area contributed by atoms with Gasteiger partial charge in [0.25, 0.3) is 0 Å². The molecule has 0 atom stereocenters. The molecule has 5 heteroatoms. The highest BCUT2D eigenvalue weighted by Crippen LogP contribution is 2.34. The maximum atomic E-state index is 6.20. The van der Waals surface area contributed by atoms with E-state index in [0.29, 0.717) is 17.6 Å². The molecule has 1 aromatic carbocycles. The summed E-state index contributed by atoms with van der Waals surface area (Å²) < 4.78 is 11.3. The Morgan fingerprint density at radius 3 is 2.96 bits per heavy atom. The van der Waals surface area contributed by atoms with Crippen molar-refractivity contribution in [3.05, 3.63) is 53.6 Å². The number of pyridine rings is 1. The van der Waals surface area contributed by atoms with Crippen molar-refractivity contribution in [2.24, 2.45) is 5.92 Å². The van der Waals surface area contributed by atoms with Gasteiger partial charge in [-0.3, -0.25) is 0 Å². The van der Waals surface area contributed by atoms with Crippen LogP contribution in [0.5, 0.6) is 5.75 Å². The molecule has 0 spiro atoms. The van der Waals surface area contributed by atoms with Crippen LogP contribution in [0.25, 0.3) is 10.9 Å². The summed E-state index contributed by atoms with van der Waals surface area (Å²) in [4.78, 5) is 4.46. The average molecular weight is 329 g/mol. The maximum Gasteiger partial charge on any atom is 0.145 e. The van der Waals surface area contributed by atoms with Crippen molar-refractivity contribution >= 4 is 28.2 Å². The highest BCUT2D eigenvalue weighted by Gasteiger charge is 2.22. The van der Waals surface area contributed by atoms with E-state index in [2.05, 4.69) is 10.3 Å². The van der Waals surface area contributed by atoms with Gasteiger partial charge in [0.2, 0.25) is 0 Å². The van der Waals surface area contributed by atoms with Gasteiger partial charge in [-0.1, -0.05) is 23.7 Å². The van der Waals surface area contributed by atoms with E-state index >= 15 is 0 Å². The van der Waals surface area contributed by atoms with E-state index in [1.54, 1.807) is 6.26 Å². The van der Waals surface area contributed by atoms with Gasteiger partial charge >= 0.3 is 0 Å². The molecule has 1 aliphatic carbocycles. The second-order valence-corrected chi connectivity index (χ2v) is 6.22. The minimum Gasteiger partial charge on any atom is -0.491 e. The first-order chi connectivity index (χ1) is 11.3. The lowest BCUT2D eigenvalue weighted by molar-refractivity contribution is 0.302. The summed E-state index contributed by atoms with van der Waals surface area (Å²) in [6.07, 6.45) is 4.18. The van der Waals surface area contributed by atoms with E-state index < -0.39 is 0 Å². The fourth-order valence-electron chi connectivity index (χ4n) is 2.54. The quantitative estimate of drug-likeness (QED) is 0.655. The molecule has 0 radical (unpaired) electrons. The Hall–Kier alpha value is -2.20. The fourth-order valence-corrected chi connectivity index (χ4v) is 2.73. The molecule has 1 fully saturated rings. The summed E-state index contributed by atoms with van der Waals surface area (Å²) in [5.41, 5.74) is 1.72. The van der Waals surface area contributed by atoms with Crippen LogP contribution in [0, 0.1) is 5.92 Å². The number of para-hydroxylation sites is 1. The van der Waals surface area contributed by atoms with Crippen LogP contribution >= 0.6 is 11.6 Å². The van der Waals surface area contributed by atoms with Crippen LogP contribution in [0.15, 0.2) is 47.1 Å².